The first-order chi connectivity index (χ1) is 5.65. The Morgan fingerprint density at radius 2 is 2.33 bits per heavy atom. The van der Waals surface area contributed by atoms with E-state index >= 15 is 0 Å². The first-order valence-electron chi connectivity index (χ1n) is 3.84. The van der Waals surface area contributed by atoms with E-state index in [1.54, 1.807) is 6.92 Å². The number of ether oxygens (including phenoxy) is 1. The Balaban J connectivity index is 2.80. The van der Waals surface area contributed by atoms with Gasteiger partial charge in [-0.3, -0.25) is 0 Å². The minimum atomic E-state index is -0.837. The van der Waals surface area contributed by atoms with Crippen LogP contribution < -0.4 is 0 Å². The van der Waals surface area contributed by atoms with Crippen molar-refractivity contribution in [1.29, 1.82) is 0 Å². The van der Waals surface area contributed by atoms with Crippen LogP contribution in [0.1, 0.15) is 19.8 Å². The Morgan fingerprint density at radius 3 is 2.83 bits per heavy atom. The minimum Gasteiger partial charge on any atom is -0.467 e. The van der Waals surface area contributed by atoms with Crippen molar-refractivity contribution in [3.05, 3.63) is 4.91 Å². The van der Waals surface area contributed by atoms with Crippen molar-refractivity contribution in [2.24, 2.45) is 5.29 Å². The fourth-order valence-corrected chi connectivity index (χ4v) is 1.51. The molecule has 1 fully saturated rings. The number of methoxy groups -OCH3 is 1. The van der Waals surface area contributed by atoms with E-state index in [-0.39, 0.29) is 5.97 Å². The van der Waals surface area contributed by atoms with Crippen LogP contribution in [0, 0.1) is 4.91 Å². The lowest BCUT2D eigenvalue weighted by Gasteiger charge is -2.26. The van der Waals surface area contributed by atoms with Crippen molar-refractivity contribution in [2.45, 2.75) is 25.3 Å². The Labute approximate surface area is 70.6 Å². The van der Waals surface area contributed by atoms with Gasteiger partial charge in [0.1, 0.15) is 0 Å². The van der Waals surface area contributed by atoms with Crippen LogP contribution in [-0.2, 0) is 9.53 Å². The molecule has 1 rings (SSSR count). The lowest BCUT2D eigenvalue weighted by molar-refractivity contribution is -0.152. The minimum absolute atomic E-state index is 0.389. The van der Waals surface area contributed by atoms with Crippen LogP contribution in [-0.4, -0.2) is 30.2 Å². The number of rotatable bonds is 2. The zero-order valence-electron chi connectivity index (χ0n) is 7.24. The number of hydrogen-bond acceptors (Lipinski definition) is 4. The van der Waals surface area contributed by atoms with Crippen LogP contribution >= 0.6 is 0 Å². The third-order valence-corrected chi connectivity index (χ3v) is 2.33. The topological polar surface area (TPSA) is 59.0 Å². The predicted molar refractivity (Wildman–Crippen MR) is 42.2 cm³/mol. The molecular weight excluding hydrogens is 160 g/mol. The molecule has 5 heteroatoms. The first kappa shape index (κ1) is 8.96. The molecule has 0 N–H and O–H groups in total. The van der Waals surface area contributed by atoms with Gasteiger partial charge < -0.3 is 4.74 Å². The summed E-state index contributed by atoms with van der Waals surface area (Å²) in [5, 5.41) is 4.04. The molecule has 0 aromatic carbocycles. The van der Waals surface area contributed by atoms with E-state index in [4.69, 9.17) is 0 Å². The summed E-state index contributed by atoms with van der Waals surface area (Å²) in [5.74, 6) is -0.389. The van der Waals surface area contributed by atoms with E-state index < -0.39 is 5.54 Å². The molecule has 0 unspecified atom stereocenters. The Hall–Kier alpha value is -1.13. The fraction of sp³-hybridized carbons (Fsp3) is 0.857. The number of hydrogen-bond donors (Lipinski definition) is 0. The Bertz CT molecular complexity index is 207. The van der Waals surface area contributed by atoms with Crippen molar-refractivity contribution >= 4 is 5.97 Å². The maximum atomic E-state index is 11.2. The zero-order valence-corrected chi connectivity index (χ0v) is 7.24. The molecule has 12 heavy (non-hydrogen) atoms. The summed E-state index contributed by atoms with van der Waals surface area (Å²) in [5.41, 5.74) is -0.837. The highest BCUT2D eigenvalue weighted by Gasteiger charge is 2.45. The quantitative estimate of drug-likeness (QED) is 0.454. The first-order valence-corrected chi connectivity index (χ1v) is 3.84. The highest BCUT2D eigenvalue weighted by atomic mass is 16.5. The lowest BCUT2D eigenvalue weighted by Crippen LogP contribution is -2.45. The number of nitrogens with zero attached hydrogens (tertiary/aromatic N) is 2. The molecule has 0 amide bonds. The Morgan fingerprint density at radius 1 is 1.67 bits per heavy atom. The van der Waals surface area contributed by atoms with Gasteiger partial charge in [-0.25, -0.2) is 9.80 Å². The average Bonchev–Trinajstić information content (AvgIpc) is 2.46. The van der Waals surface area contributed by atoms with Gasteiger partial charge in [0.2, 0.25) is 0 Å². The van der Waals surface area contributed by atoms with Crippen LogP contribution in [0.15, 0.2) is 5.29 Å². The van der Waals surface area contributed by atoms with E-state index in [2.05, 4.69) is 10.0 Å². The molecule has 0 radical (unpaired) electrons. The van der Waals surface area contributed by atoms with Crippen LogP contribution in [0.25, 0.3) is 0 Å². The second kappa shape index (κ2) is 3.08. The maximum absolute atomic E-state index is 11.2. The monoisotopic (exact) mass is 172 g/mol. The zero-order chi connectivity index (χ0) is 9.19. The molecule has 0 aliphatic carbocycles. The number of nitroso groups, excluding NO2 is 1. The molecule has 1 aliphatic heterocycles. The summed E-state index contributed by atoms with van der Waals surface area (Å²) in [7, 11) is 1.31. The molecule has 1 saturated heterocycles. The normalized spacial score (nSPS) is 28.7. The predicted octanol–water partition coefficient (Wildman–Crippen LogP) is 0.695. The molecule has 0 bridgehead atoms. The average molecular weight is 172 g/mol. The number of carbonyl (C=O) groups is 1. The summed E-state index contributed by atoms with van der Waals surface area (Å²) in [6, 6.07) is 0. The van der Waals surface area contributed by atoms with Crippen molar-refractivity contribution in [1.82, 2.24) is 5.01 Å². The van der Waals surface area contributed by atoms with E-state index in [1.165, 1.54) is 12.1 Å². The highest BCUT2D eigenvalue weighted by Crippen LogP contribution is 2.29. The van der Waals surface area contributed by atoms with Gasteiger partial charge in [-0.2, -0.15) is 0 Å². The van der Waals surface area contributed by atoms with Crippen LogP contribution in [0.3, 0.4) is 0 Å². The second-order valence-electron chi connectivity index (χ2n) is 3.07. The lowest BCUT2D eigenvalue weighted by atomic mass is 10.0. The summed E-state index contributed by atoms with van der Waals surface area (Å²) >= 11 is 0. The third kappa shape index (κ3) is 1.15. The largest absolute Gasteiger partial charge is 0.467 e. The number of esters is 1. The van der Waals surface area contributed by atoms with Gasteiger partial charge in [0, 0.05) is 6.54 Å². The molecule has 0 spiro atoms. The van der Waals surface area contributed by atoms with Crippen molar-refractivity contribution in [3.8, 4) is 0 Å². The van der Waals surface area contributed by atoms with Crippen LogP contribution in [0.5, 0.6) is 0 Å². The number of carbonyl (C=O) groups excluding carboxylic acids is 1. The maximum Gasteiger partial charge on any atom is 0.333 e. The van der Waals surface area contributed by atoms with E-state index in [0.717, 1.165) is 6.42 Å². The molecule has 1 atom stereocenters. The third-order valence-electron chi connectivity index (χ3n) is 2.33. The van der Waals surface area contributed by atoms with Gasteiger partial charge in [-0.15, -0.1) is 4.91 Å². The van der Waals surface area contributed by atoms with Crippen LogP contribution in [0.4, 0.5) is 0 Å². The van der Waals surface area contributed by atoms with Gasteiger partial charge in [0.25, 0.3) is 0 Å². The van der Waals surface area contributed by atoms with Gasteiger partial charge in [-0.1, -0.05) is 0 Å². The van der Waals surface area contributed by atoms with E-state index in [1.807, 2.05) is 0 Å². The van der Waals surface area contributed by atoms with Gasteiger partial charge >= 0.3 is 5.97 Å². The molecule has 0 aromatic rings. The van der Waals surface area contributed by atoms with Gasteiger partial charge in [-0.05, 0) is 19.8 Å². The molecule has 68 valence electrons. The van der Waals surface area contributed by atoms with Crippen molar-refractivity contribution in [2.75, 3.05) is 13.7 Å². The summed E-state index contributed by atoms with van der Waals surface area (Å²) in [6.07, 6.45) is 1.43. The molecule has 0 aromatic heterocycles. The van der Waals surface area contributed by atoms with Crippen molar-refractivity contribution < 1.29 is 9.53 Å². The smallest absolute Gasteiger partial charge is 0.333 e. The summed E-state index contributed by atoms with van der Waals surface area (Å²) < 4.78 is 4.59. The molecule has 1 aliphatic rings. The molecule has 5 nitrogen and oxygen atoms in total. The fourth-order valence-electron chi connectivity index (χ4n) is 1.51. The van der Waals surface area contributed by atoms with Crippen LogP contribution in [0.2, 0.25) is 0 Å². The van der Waals surface area contributed by atoms with E-state index in [9.17, 15) is 9.70 Å². The summed E-state index contributed by atoms with van der Waals surface area (Å²) in [4.78, 5) is 21.6. The highest BCUT2D eigenvalue weighted by molar-refractivity contribution is 5.80. The Kier molecular flexibility index (Phi) is 2.30. The molecule has 0 saturated carbocycles. The van der Waals surface area contributed by atoms with Gasteiger partial charge in [0.05, 0.1) is 12.4 Å². The standard InChI is InChI=1S/C7H12N2O3/c1-7(6(10)12-2)4-3-5-9(7)8-11/h3-5H2,1-2H3/t7-/m1/s1. The van der Waals surface area contributed by atoms with Gasteiger partial charge in [0.15, 0.2) is 5.54 Å². The molecular formula is C7H12N2O3. The van der Waals surface area contributed by atoms with E-state index in [0.29, 0.717) is 13.0 Å². The van der Waals surface area contributed by atoms with Crippen molar-refractivity contribution in [3.63, 3.8) is 0 Å². The SMILES string of the molecule is COC(=O)[C@@]1(C)CCCN1N=O. The molecule has 1 heterocycles. The second-order valence-corrected chi connectivity index (χ2v) is 3.07. The summed E-state index contributed by atoms with van der Waals surface area (Å²) in [6.45, 7) is 2.21.